The van der Waals surface area contributed by atoms with Gasteiger partial charge in [-0.1, -0.05) is 6.07 Å². The van der Waals surface area contributed by atoms with E-state index >= 15 is 0 Å². The Hall–Kier alpha value is -1.85. The molecule has 1 aromatic carbocycles. The lowest BCUT2D eigenvalue weighted by atomic mass is 10.2. The number of methoxy groups -OCH3 is 1. The standard InChI is InChI=1S/C14H17N3O2/c1-18-12-4-2-3-11(7-12)17-10-16-8-13(17)14-9-15-5-6-19-14/h2-4,7-8,10,14-15H,5-6,9H2,1H3. The molecule has 5 nitrogen and oxygen atoms in total. The van der Waals surface area contributed by atoms with Gasteiger partial charge in [0.15, 0.2) is 0 Å². The first-order chi connectivity index (χ1) is 9.38. The summed E-state index contributed by atoms with van der Waals surface area (Å²) in [4.78, 5) is 4.24. The molecule has 1 N–H and O–H groups in total. The highest BCUT2D eigenvalue weighted by Gasteiger charge is 2.20. The van der Waals surface area contributed by atoms with Gasteiger partial charge in [0, 0.05) is 19.2 Å². The predicted molar refractivity (Wildman–Crippen MR) is 71.7 cm³/mol. The number of nitrogens with zero attached hydrogens (tertiary/aromatic N) is 2. The highest BCUT2D eigenvalue weighted by Crippen LogP contribution is 2.23. The summed E-state index contributed by atoms with van der Waals surface area (Å²) in [6, 6.07) is 7.92. The Morgan fingerprint density at radius 2 is 2.42 bits per heavy atom. The molecule has 5 heteroatoms. The maximum atomic E-state index is 5.79. The Morgan fingerprint density at radius 1 is 1.47 bits per heavy atom. The molecule has 2 aromatic rings. The summed E-state index contributed by atoms with van der Waals surface area (Å²) in [6.45, 7) is 2.45. The summed E-state index contributed by atoms with van der Waals surface area (Å²) >= 11 is 0. The number of benzene rings is 1. The van der Waals surface area contributed by atoms with E-state index in [0.29, 0.717) is 0 Å². The molecule has 1 fully saturated rings. The van der Waals surface area contributed by atoms with Crippen molar-refractivity contribution < 1.29 is 9.47 Å². The lowest BCUT2D eigenvalue weighted by molar-refractivity contribution is 0.0240. The van der Waals surface area contributed by atoms with Gasteiger partial charge in [-0.05, 0) is 12.1 Å². The van der Waals surface area contributed by atoms with Crippen molar-refractivity contribution in [1.29, 1.82) is 0 Å². The molecule has 1 atom stereocenters. The van der Waals surface area contributed by atoms with Gasteiger partial charge in [0.05, 0.1) is 37.6 Å². The Morgan fingerprint density at radius 3 is 3.21 bits per heavy atom. The summed E-state index contributed by atoms with van der Waals surface area (Å²) < 4.78 is 13.1. The number of aromatic nitrogens is 2. The van der Waals surface area contributed by atoms with Crippen LogP contribution in [0.1, 0.15) is 11.8 Å². The van der Waals surface area contributed by atoms with Gasteiger partial charge in [0.25, 0.3) is 0 Å². The molecule has 0 spiro atoms. The maximum Gasteiger partial charge on any atom is 0.120 e. The van der Waals surface area contributed by atoms with Crippen molar-refractivity contribution in [2.45, 2.75) is 6.10 Å². The van der Waals surface area contributed by atoms with E-state index in [1.165, 1.54) is 0 Å². The Kier molecular flexibility index (Phi) is 3.48. The number of hydrogen-bond donors (Lipinski definition) is 1. The Labute approximate surface area is 112 Å². The second-order valence-corrected chi connectivity index (χ2v) is 4.45. The minimum absolute atomic E-state index is 0.0439. The van der Waals surface area contributed by atoms with Crippen LogP contribution < -0.4 is 10.1 Å². The normalized spacial score (nSPS) is 19.3. The predicted octanol–water partition coefficient (Wildman–Crippen LogP) is 1.54. The topological polar surface area (TPSA) is 48.3 Å². The molecule has 19 heavy (non-hydrogen) atoms. The summed E-state index contributed by atoms with van der Waals surface area (Å²) in [6.07, 6.45) is 3.71. The van der Waals surface area contributed by atoms with E-state index < -0.39 is 0 Å². The van der Waals surface area contributed by atoms with Crippen molar-refractivity contribution in [3.8, 4) is 11.4 Å². The van der Waals surface area contributed by atoms with E-state index in [0.717, 1.165) is 36.8 Å². The molecule has 100 valence electrons. The van der Waals surface area contributed by atoms with Gasteiger partial charge in [-0.15, -0.1) is 0 Å². The Bertz CT molecular complexity index is 547. The minimum atomic E-state index is 0.0439. The largest absolute Gasteiger partial charge is 0.497 e. The van der Waals surface area contributed by atoms with Gasteiger partial charge >= 0.3 is 0 Å². The molecule has 1 unspecified atom stereocenters. The maximum absolute atomic E-state index is 5.79. The van der Waals surface area contributed by atoms with Gasteiger partial charge < -0.3 is 19.4 Å². The van der Waals surface area contributed by atoms with E-state index in [2.05, 4.69) is 10.3 Å². The van der Waals surface area contributed by atoms with Crippen molar-refractivity contribution in [3.63, 3.8) is 0 Å². The molecular weight excluding hydrogens is 242 g/mol. The van der Waals surface area contributed by atoms with Gasteiger partial charge in [0.2, 0.25) is 0 Å². The number of morpholine rings is 1. The second-order valence-electron chi connectivity index (χ2n) is 4.45. The van der Waals surface area contributed by atoms with E-state index in [-0.39, 0.29) is 6.10 Å². The number of imidazole rings is 1. The van der Waals surface area contributed by atoms with Gasteiger partial charge in [0.1, 0.15) is 11.9 Å². The molecule has 1 aliphatic heterocycles. The number of ether oxygens (including phenoxy) is 2. The Balaban J connectivity index is 1.94. The second kappa shape index (κ2) is 5.42. The molecule has 1 aliphatic rings. The van der Waals surface area contributed by atoms with E-state index in [9.17, 15) is 0 Å². The lowest BCUT2D eigenvalue weighted by Crippen LogP contribution is -2.34. The van der Waals surface area contributed by atoms with Crippen LogP contribution in [0.3, 0.4) is 0 Å². The van der Waals surface area contributed by atoms with Crippen LogP contribution >= 0.6 is 0 Å². The first kappa shape index (κ1) is 12.2. The number of hydrogen-bond acceptors (Lipinski definition) is 4. The summed E-state index contributed by atoms with van der Waals surface area (Å²) in [5, 5.41) is 3.33. The fraction of sp³-hybridized carbons (Fsp3) is 0.357. The van der Waals surface area contributed by atoms with E-state index in [1.807, 2.05) is 41.4 Å². The van der Waals surface area contributed by atoms with Crippen molar-refractivity contribution in [3.05, 3.63) is 42.5 Å². The summed E-state index contributed by atoms with van der Waals surface area (Å²) in [5.74, 6) is 0.833. The monoisotopic (exact) mass is 259 g/mol. The van der Waals surface area contributed by atoms with Crippen LogP contribution in [0.5, 0.6) is 5.75 Å². The average Bonchev–Trinajstić information content (AvgIpc) is 2.98. The SMILES string of the molecule is COc1cccc(-n2cncc2C2CNCCO2)c1. The average molecular weight is 259 g/mol. The van der Waals surface area contributed by atoms with Gasteiger partial charge in [-0.3, -0.25) is 0 Å². The van der Waals surface area contributed by atoms with Crippen molar-refractivity contribution in [2.75, 3.05) is 26.8 Å². The van der Waals surface area contributed by atoms with Gasteiger partial charge in [-0.25, -0.2) is 4.98 Å². The van der Waals surface area contributed by atoms with Crippen LogP contribution in [0.2, 0.25) is 0 Å². The summed E-state index contributed by atoms with van der Waals surface area (Å²) in [5.41, 5.74) is 2.08. The van der Waals surface area contributed by atoms with Crippen molar-refractivity contribution in [2.24, 2.45) is 0 Å². The third-order valence-electron chi connectivity index (χ3n) is 3.26. The quantitative estimate of drug-likeness (QED) is 0.908. The highest BCUT2D eigenvalue weighted by atomic mass is 16.5. The molecule has 2 heterocycles. The summed E-state index contributed by atoms with van der Waals surface area (Å²) in [7, 11) is 1.67. The molecule has 3 rings (SSSR count). The first-order valence-electron chi connectivity index (χ1n) is 6.37. The highest BCUT2D eigenvalue weighted by molar-refractivity contribution is 5.40. The third-order valence-corrected chi connectivity index (χ3v) is 3.26. The van der Waals surface area contributed by atoms with E-state index in [4.69, 9.17) is 9.47 Å². The zero-order chi connectivity index (χ0) is 13.1. The zero-order valence-corrected chi connectivity index (χ0v) is 10.9. The lowest BCUT2D eigenvalue weighted by Gasteiger charge is -2.24. The molecule has 0 aliphatic carbocycles. The van der Waals surface area contributed by atoms with Gasteiger partial charge in [-0.2, -0.15) is 0 Å². The molecule has 0 amide bonds. The molecule has 1 aromatic heterocycles. The zero-order valence-electron chi connectivity index (χ0n) is 10.9. The van der Waals surface area contributed by atoms with Crippen LogP contribution in [0.4, 0.5) is 0 Å². The smallest absolute Gasteiger partial charge is 0.120 e. The van der Waals surface area contributed by atoms with Crippen LogP contribution in [-0.4, -0.2) is 36.4 Å². The first-order valence-corrected chi connectivity index (χ1v) is 6.37. The number of nitrogens with one attached hydrogen (secondary N) is 1. The fourth-order valence-corrected chi connectivity index (χ4v) is 2.27. The molecule has 0 saturated carbocycles. The van der Waals surface area contributed by atoms with Crippen LogP contribution in [-0.2, 0) is 4.74 Å². The third kappa shape index (κ3) is 2.47. The molecule has 0 bridgehead atoms. The van der Waals surface area contributed by atoms with Crippen molar-refractivity contribution in [1.82, 2.24) is 14.9 Å². The van der Waals surface area contributed by atoms with Crippen LogP contribution in [0, 0.1) is 0 Å². The number of rotatable bonds is 3. The van der Waals surface area contributed by atoms with Crippen LogP contribution in [0.15, 0.2) is 36.8 Å². The molecule has 0 radical (unpaired) electrons. The molecule has 1 saturated heterocycles. The fourth-order valence-electron chi connectivity index (χ4n) is 2.27. The minimum Gasteiger partial charge on any atom is -0.497 e. The van der Waals surface area contributed by atoms with Crippen molar-refractivity contribution >= 4 is 0 Å². The molecular formula is C14H17N3O2. The van der Waals surface area contributed by atoms with E-state index in [1.54, 1.807) is 7.11 Å². The van der Waals surface area contributed by atoms with Crippen LogP contribution in [0.25, 0.3) is 5.69 Å².